The van der Waals surface area contributed by atoms with Crippen molar-refractivity contribution in [3.8, 4) is 0 Å². The average molecular weight is 395 g/mol. The second-order valence-electron chi connectivity index (χ2n) is 6.80. The molecular weight excluding hydrogens is 374 g/mol. The standard InChI is InChI=1S/C17H21N3O6S/c1-17(2,3)26-16(21)19-10-8-13(9-11-19)12-18-27(24,25)15-6-4-14(5-7-15)20(22)23/h4-10,18H,11-12H2,1-3H3. The molecule has 0 spiro atoms. The lowest BCUT2D eigenvalue weighted by Crippen LogP contribution is -2.35. The maximum absolute atomic E-state index is 12.3. The highest BCUT2D eigenvalue weighted by Gasteiger charge is 2.22. The molecule has 1 heterocycles. The molecule has 0 atom stereocenters. The summed E-state index contributed by atoms with van der Waals surface area (Å²) in [6.45, 7) is 5.60. The number of rotatable bonds is 5. The van der Waals surface area contributed by atoms with Crippen LogP contribution in [0, 0.1) is 10.1 Å². The molecule has 1 aromatic rings. The van der Waals surface area contributed by atoms with E-state index >= 15 is 0 Å². The average Bonchev–Trinajstić information content (AvgIpc) is 2.59. The van der Waals surface area contributed by atoms with Crippen LogP contribution in [-0.2, 0) is 14.8 Å². The third-order valence-corrected chi connectivity index (χ3v) is 4.89. The maximum Gasteiger partial charge on any atom is 0.414 e. The predicted molar refractivity (Wildman–Crippen MR) is 98.4 cm³/mol. The number of nitro benzene ring substituents is 1. The minimum atomic E-state index is -3.81. The molecule has 0 aromatic heterocycles. The van der Waals surface area contributed by atoms with Crippen LogP contribution in [-0.4, -0.2) is 43.0 Å². The number of amides is 1. The van der Waals surface area contributed by atoms with Crippen molar-refractivity contribution in [1.82, 2.24) is 9.62 Å². The fraction of sp³-hybridized carbons (Fsp3) is 0.353. The number of hydrogen-bond acceptors (Lipinski definition) is 6. The van der Waals surface area contributed by atoms with E-state index in [0.29, 0.717) is 5.57 Å². The number of nitrogens with zero attached hydrogens (tertiary/aromatic N) is 2. The number of sulfonamides is 1. The van der Waals surface area contributed by atoms with Gasteiger partial charge in [-0.3, -0.25) is 15.0 Å². The summed E-state index contributed by atoms with van der Waals surface area (Å²) < 4.78 is 32.2. The molecule has 1 N–H and O–H groups in total. The largest absolute Gasteiger partial charge is 0.443 e. The van der Waals surface area contributed by atoms with Gasteiger partial charge in [0.1, 0.15) is 5.60 Å². The van der Waals surface area contributed by atoms with Gasteiger partial charge in [0.2, 0.25) is 10.0 Å². The molecule has 1 amide bonds. The van der Waals surface area contributed by atoms with Crippen molar-refractivity contribution in [2.24, 2.45) is 0 Å². The van der Waals surface area contributed by atoms with Gasteiger partial charge in [-0.25, -0.2) is 17.9 Å². The molecule has 10 heteroatoms. The van der Waals surface area contributed by atoms with Gasteiger partial charge in [0, 0.05) is 31.4 Å². The smallest absolute Gasteiger partial charge is 0.414 e. The molecule has 0 radical (unpaired) electrons. The Hall–Kier alpha value is -2.72. The van der Waals surface area contributed by atoms with Gasteiger partial charge in [-0.1, -0.05) is 6.08 Å². The Morgan fingerprint density at radius 3 is 2.41 bits per heavy atom. The monoisotopic (exact) mass is 395 g/mol. The first-order valence-corrected chi connectivity index (χ1v) is 9.57. The highest BCUT2D eigenvalue weighted by atomic mass is 32.2. The molecule has 0 fully saturated rings. The van der Waals surface area contributed by atoms with Gasteiger partial charge in [0.15, 0.2) is 0 Å². The Labute approximate surface area is 157 Å². The van der Waals surface area contributed by atoms with E-state index in [4.69, 9.17) is 4.74 Å². The van der Waals surface area contributed by atoms with Crippen LogP contribution in [0.25, 0.3) is 0 Å². The van der Waals surface area contributed by atoms with Crippen LogP contribution in [0.15, 0.2) is 53.1 Å². The normalized spacial score (nSPS) is 14.6. The van der Waals surface area contributed by atoms with Gasteiger partial charge < -0.3 is 4.74 Å². The lowest BCUT2D eigenvalue weighted by molar-refractivity contribution is -0.384. The summed E-state index contributed by atoms with van der Waals surface area (Å²) in [7, 11) is -3.81. The molecule has 2 rings (SSSR count). The fourth-order valence-electron chi connectivity index (χ4n) is 2.13. The van der Waals surface area contributed by atoms with Crippen molar-refractivity contribution < 1.29 is 22.9 Å². The third-order valence-electron chi connectivity index (χ3n) is 3.47. The van der Waals surface area contributed by atoms with E-state index in [1.54, 1.807) is 32.9 Å². The molecule has 0 saturated heterocycles. The zero-order valence-electron chi connectivity index (χ0n) is 15.2. The van der Waals surface area contributed by atoms with Crippen LogP contribution in [0.3, 0.4) is 0 Å². The van der Waals surface area contributed by atoms with Crippen LogP contribution in [0.4, 0.5) is 10.5 Å². The first kappa shape index (κ1) is 20.6. The molecule has 9 nitrogen and oxygen atoms in total. The number of non-ortho nitro benzene ring substituents is 1. The molecule has 0 unspecified atom stereocenters. The number of hydrogen-bond donors (Lipinski definition) is 1. The third kappa shape index (κ3) is 5.90. The molecule has 27 heavy (non-hydrogen) atoms. The Balaban J connectivity index is 1.94. The first-order valence-electron chi connectivity index (χ1n) is 8.09. The minimum Gasteiger partial charge on any atom is -0.443 e. The second-order valence-corrected chi connectivity index (χ2v) is 8.57. The van der Waals surface area contributed by atoms with Crippen molar-refractivity contribution >= 4 is 21.8 Å². The summed E-state index contributed by atoms with van der Waals surface area (Å²) in [5.41, 5.74) is -0.107. The van der Waals surface area contributed by atoms with E-state index in [-0.39, 0.29) is 23.7 Å². The molecule has 1 aromatic carbocycles. The van der Waals surface area contributed by atoms with Gasteiger partial charge in [-0.15, -0.1) is 0 Å². The van der Waals surface area contributed by atoms with Gasteiger partial charge in [-0.2, -0.15) is 0 Å². The van der Waals surface area contributed by atoms with Crippen LogP contribution < -0.4 is 4.72 Å². The molecule has 146 valence electrons. The van der Waals surface area contributed by atoms with Crippen molar-refractivity contribution in [2.45, 2.75) is 31.3 Å². The molecule has 0 aliphatic carbocycles. The number of nitro groups is 1. The highest BCUT2D eigenvalue weighted by Crippen LogP contribution is 2.17. The second kappa shape index (κ2) is 7.89. The van der Waals surface area contributed by atoms with E-state index < -0.39 is 26.6 Å². The maximum atomic E-state index is 12.3. The number of nitrogens with one attached hydrogen (secondary N) is 1. The van der Waals surface area contributed by atoms with E-state index in [9.17, 15) is 23.3 Å². The molecule has 1 aliphatic rings. The number of ether oxygens (including phenoxy) is 1. The van der Waals surface area contributed by atoms with E-state index in [2.05, 4.69) is 4.72 Å². The molecule has 1 aliphatic heterocycles. The molecule has 0 saturated carbocycles. The summed E-state index contributed by atoms with van der Waals surface area (Å²) in [6, 6.07) is 4.62. The highest BCUT2D eigenvalue weighted by molar-refractivity contribution is 7.89. The van der Waals surface area contributed by atoms with Crippen molar-refractivity contribution in [3.63, 3.8) is 0 Å². The lowest BCUT2D eigenvalue weighted by Gasteiger charge is -2.26. The molecule has 0 bridgehead atoms. The van der Waals surface area contributed by atoms with Crippen molar-refractivity contribution in [1.29, 1.82) is 0 Å². The fourth-order valence-corrected chi connectivity index (χ4v) is 3.14. The van der Waals surface area contributed by atoms with Crippen LogP contribution in [0.1, 0.15) is 20.8 Å². The summed E-state index contributed by atoms with van der Waals surface area (Å²) in [4.78, 5) is 23.3. The van der Waals surface area contributed by atoms with Crippen molar-refractivity contribution in [2.75, 3.05) is 13.1 Å². The summed E-state index contributed by atoms with van der Waals surface area (Å²) in [5.74, 6) is 0. The summed E-state index contributed by atoms with van der Waals surface area (Å²) >= 11 is 0. The summed E-state index contributed by atoms with van der Waals surface area (Å²) in [6.07, 6.45) is 4.37. The topological polar surface area (TPSA) is 119 Å². The van der Waals surface area contributed by atoms with Crippen LogP contribution in [0.2, 0.25) is 0 Å². The van der Waals surface area contributed by atoms with Gasteiger partial charge in [0.25, 0.3) is 5.69 Å². The summed E-state index contributed by atoms with van der Waals surface area (Å²) in [5, 5.41) is 10.6. The Kier molecular flexibility index (Phi) is 6.01. The Bertz CT molecular complexity index is 882. The zero-order chi connectivity index (χ0) is 20.2. The van der Waals surface area contributed by atoms with E-state index in [1.165, 1.54) is 23.2 Å². The predicted octanol–water partition coefficient (Wildman–Crippen LogP) is 2.56. The Morgan fingerprint density at radius 2 is 1.93 bits per heavy atom. The van der Waals surface area contributed by atoms with Gasteiger partial charge in [0.05, 0.1) is 9.82 Å². The SMILES string of the molecule is CC(C)(C)OC(=O)N1C=CC(CNS(=O)(=O)c2ccc([N+](=O)[O-])cc2)=CC1. The van der Waals surface area contributed by atoms with Gasteiger partial charge in [-0.05, 0) is 44.6 Å². The van der Waals surface area contributed by atoms with Crippen LogP contribution in [0.5, 0.6) is 0 Å². The van der Waals surface area contributed by atoms with Crippen molar-refractivity contribution in [3.05, 3.63) is 58.3 Å². The Morgan fingerprint density at radius 1 is 1.30 bits per heavy atom. The van der Waals surface area contributed by atoms with Gasteiger partial charge >= 0.3 is 6.09 Å². The zero-order valence-corrected chi connectivity index (χ0v) is 16.0. The molecular formula is C17H21N3O6S. The number of carbonyl (C=O) groups excluding carboxylic acids is 1. The van der Waals surface area contributed by atoms with E-state index in [0.717, 1.165) is 12.1 Å². The van der Waals surface area contributed by atoms with Crippen LogP contribution >= 0.6 is 0 Å². The van der Waals surface area contributed by atoms with E-state index in [1.807, 2.05) is 0 Å². The number of benzene rings is 1. The lowest BCUT2D eigenvalue weighted by atomic mass is 10.2. The number of carbonyl (C=O) groups is 1. The quantitative estimate of drug-likeness (QED) is 0.604. The first-order chi connectivity index (χ1) is 12.5. The minimum absolute atomic E-state index is 0.0258.